The van der Waals surface area contributed by atoms with Crippen molar-refractivity contribution in [1.29, 1.82) is 0 Å². The molecule has 0 aliphatic heterocycles. The van der Waals surface area contributed by atoms with Crippen molar-refractivity contribution in [2.24, 2.45) is 5.73 Å². The molecule has 2 amide bonds. The van der Waals surface area contributed by atoms with E-state index in [0.717, 1.165) is 0 Å². The van der Waals surface area contributed by atoms with Crippen molar-refractivity contribution in [2.45, 2.75) is 13.0 Å². The highest BCUT2D eigenvalue weighted by atomic mass is 79.9. The Labute approximate surface area is 106 Å². The molecule has 6 heteroatoms. The van der Waals surface area contributed by atoms with Gasteiger partial charge in [-0.15, -0.1) is 0 Å². The highest BCUT2D eigenvalue weighted by Gasteiger charge is 2.14. The second-order valence-corrected chi connectivity index (χ2v) is 4.49. The van der Waals surface area contributed by atoms with Crippen LogP contribution in [0.1, 0.15) is 17.3 Å². The van der Waals surface area contributed by atoms with E-state index < -0.39 is 11.9 Å². The van der Waals surface area contributed by atoms with Gasteiger partial charge in [0.2, 0.25) is 5.91 Å². The zero-order chi connectivity index (χ0) is 12.3. The van der Waals surface area contributed by atoms with Crippen LogP contribution in [0.5, 0.6) is 0 Å². The predicted molar refractivity (Wildman–Crippen MR) is 65.3 cm³/mol. The summed E-state index contributed by atoms with van der Waals surface area (Å²) < 4.78 is 0.619. The molecule has 0 aliphatic rings. The van der Waals surface area contributed by atoms with Crippen LogP contribution in [0.2, 0.25) is 5.02 Å². The molecule has 0 saturated carbocycles. The minimum atomic E-state index is -0.707. The summed E-state index contributed by atoms with van der Waals surface area (Å²) in [4.78, 5) is 22.4. The van der Waals surface area contributed by atoms with Crippen molar-refractivity contribution in [2.75, 3.05) is 0 Å². The van der Waals surface area contributed by atoms with Crippen LogP contribution in [-0.2, 0) is 4.79 Å². The van der Waals surface area contributed by atoms with Crippen LogP contribution in [0.15, 0.2) is 22.7 Å². The highest BCUT2D eigenvalue weighted by Crippen LogP contribution is 2.23. The lowest BCUT2D eigenvalue weighted by Gasteiger charge is -2.10. The van der Waals surface area contributed by atoms with Gasteiger partial charge in [0.25, 0.3) is 5.91 Å². The summed E-state index contributed by atoms with van der Waals surface area (Å²) in [7, 11) is 0. The number of amides is 2. The van der Waals surface area contributed by atoms with Crippen LogP contribution in [0.25, 0.3) is 0 Å². The smallest absolute Gasteiger partial charge is 0.251 e. The normalized spacial score (nSPS) is 11.9. The van der Waals surface area contributed by atoms with Gasteiger partial charge in [-0.3, -0.25) is 9.59 Å². The van der Waals surface area contributed by atoms with Gasteiger partial charge < -0.3 is 11.1 Å². The van der Waals surface area contributed by atoms with E-state index in [0.29, 0.717) is 15.1 Å². The van der Waals surface area contributed by atoms with Gasteiger partial charge in [0.05, 0.1) is 5.02 Å². The summed E-state index contributed by atoms with van der Waals surface area (Å²) in [6.07, 6.45) is 0. The Bertz CT molecular complexity index is 437. The molecule has 0 aliphatic carbocycles. The average Bonchev–Trinajstić information content (AvgIpc) is 2.21. The molecule has 86 valence electrons. The first-order chi connectivity index (χ1) is 7.41. The molecule has 0 radical (unpaired) electrons. The maximum atomic E-state index is 11.6. The largest absolute Gasteiger partial charge is 0.368 e. The minimum Gasteiger partial charge on any atom is -0.368 e. The van der Waals surface area contributed by atoms with E-state index >= 15 is 0 Å². The third kappa shape index (κ3) is 3.21. The molecule has 16 heavy (non-hydrogen) atoms. The molecule has 0 fully saturated rings. The third-order valence-electron chi connectivity index (χ3n) is 1.96. The Kier molecular flexibility index (Phi) is 4.32. The van der Waals surface area contributed by atoms with Crippen LogP contribution in [0.3, 0.4) is 0 Å². The summed E-state index contributed by atoms with van der Waals surface area (Å²) in [5.41, 5.74) is 5.44. The fourth-order valence-corrected chi connectivity index (χ4v) is 1.48. The molecular weight excluding hydrogens is 295 g/mol. The van der Waals surface area contributed by atoms with Crippen molar-refractivity contribution < 1.29 is 9.59 Å². The van der Waals surface area contributed by atoms with Crippen LogP contribution in [-0.4, -0.2) is 17.9 Å². The number of primary amides is 1. The minimum absolute atomic E-state index is 0.372. The average molecular weight is 306 g/mol. The summed E-state index contributed by atoms with van der Waals surface area (Å²) in [5.74, 6) is -0.954. The second-order valence-electron chi connectivity index (χ2n) is 3.23. The number of carbonyl (C=O) groups is 2. The molecule has 0 heterocycles. The molecule has 1 atom stereocenters. The zero-order valence-corrected chi connectivity index (χ0v) is 10.8. The predicted octanol–water partition coefficient (Wildman–Crippen LogP) is 1.71. The van der Waals surface area contributed by atoms with Crippen LogP contribution < -0.4 is 11.1 Å². The number of hydrogen-bond donors (Lipinski definition) is 2. The number of rotatable bonds is 3. The Morgan fingerprint density at radius 1 is 1.50 bits per heavy atom. The summed E-state index contributed by atoms with van der Waals surface area (Å²) in [6, 6.07) is 4.03. The van der Waals surface area contributed by atoms with Gasteiger partial charge in [0.15, 0.2) is 0 Å². The topological polar surface area (TPSA) is 72.2 Å². The van der Waals surface area contributed by atoms with Crippen LogP contribution in [0, 0.1) is 0 Å². The molecular formula is C10H10BrClN2O2. The molecule has 1 rings (SSSR count). The fourth-order valence-electron chi connectivity index (χ4n) is 0.988. The molecule has 0 aromatic heterocycles. The number of benzene rings is 1. The van der Waals surface area contributed by atoms with E-state index in [4.69, 9.17) is 17.3 Å². The Balaban J connectivity index is 2.81. The van der Waals surface area contributed by atoms with Gasteiger partial charge in [0, 0.05) is 10.0 Å². The van der Waals surface area contributed by atoms with Gasteiger partial charge in [-0.1, -0.05) is 11.6 Å². The quantitative estimate of drug-likeness (QED) is 0.892. The van der Waals surface area contributed by atoms with E-state index in [1.807, 2.05) is 0 Å². The van der Waals surface area contributed by atoms with Crippen molar-refractivity contribution >= 4 is 39.3 Å². The van der Waals surface area contributed by atoms with E-state index in [-0.39, 0.29) is 5.91 Å². The maximum absolute atomic E-state index is 11.6. The second kappa shape index (κ2) is 5.32. The molecule has 4 nitrogen and oxygen atoms in total. The van der Waals surface area contributed by atoms with Crippen molar-refractivity contribution in [1.82, 2.24) is 5.32 Å². The maximum Gasteiger partial charge on any atom is 0.251 e. The molecule has 1 aromatic carbocycles. The lowest BCUT2D eigenvalue weighted by molar-refractivity contribution is -0.119. The molecule has 0 spiro atoms. The molecule has 1 aromatic rings. The van der Waals surface area contributed by atoms with Gasteiger partial charge in [-0.25, -0.2) is 0 Å². The Morgan fingerprint density at radius 2 is 2.12 bits per heavy atom. The first kappa shape index (κ1) is 13.0. The summed E-state index contributed by atoms with van der Waals surface area (Å²) >= 11 is 8.99. The van der Waals surface area contributed by atoms with E-state index in [9.17, 15) is 9.59 Å². The third-order valence-corrected chi connectivity index (χ3v) is 3.17. The van der Waals surface area contributed by atoms with Gasteiger partial charge >= 0.3 is 0 Å². The first-order valence-electron chi connectivity index (χ1n) is 4.47. The van der Waals surface area contributed by atoms with Crippen LogP contribution in [0.4, 0.5) is 0 Å². The fraction of sp³-hybridized carbons (Fsp3) is 0.200. The lowest BCUT2D eigenvalue weighted by atomic mass is 10.2. The highest BCUT2D eigenvalue weighted by molar-refractivity contribution is 9.10. The van der Waals surface area contributed by atoms with Crippen molar-refractivity contribution in [3.8, 4) is 0 Å². The first-order valence-corrected chi connectivity index (χ1v) is 5.64. The number of hydrogen-bond acceptors (Lipinski definition) is 2. The van der Waals surface area contributed by atoms with E-state index in [2.05, 4.69) is 21.2 Å². The number of nitrogens with one attached hydrogen (secondary N) is 1. The SMILES string of the molecule is C[C@H](NC(=O)c1ccc(Cl)c(Br)c1)C(N)=O. The molecule has 3 N–H and O–H groups in total. The lowest BCUT2D eigenvalue weighted by Crippen LogP contribution is -2.42. The standard InChI is InChI=1S/C10H10BrClN2O2/c1-5(9(13)15)14-10(16)6-2-3-8(12)7(11)4-6/h2-5H,1H3,(H2,13,15)(H,14,16)/t5-/m0/s1. The zero-order valence-electron chi connectivity index (χ0n) is 8.46. The van der Waals surface area contributed by atoms with Crippen molar-refractivity contribution in [3.05, 3.63) is 33.3 Å². The van der Waals surface area contributed by atoms with Gasteiger partial charge in [-0.2, -0.15) is 0 Å². The monoisotopic (exact) mass is 304 g/mol. The van der Waals surface area contributed by atoms with Crippen molar-refractivity contribution in [3.63, 3.8) is 0 Å². The van der Waals surface area contributed by atoms with E-state index in [1.165, 1.54) is 6.92 Å². The Morgan fingerprint density at radius 3 is 2.62 bits per heavy atom. The summed E-state index contributed by atoms with van der Waals surface area (Å²) in [5, 5.41) is 2.98. The summed E-state index contributed by atoms with van der Waals surface area (Å²) in [6.45, 7) is 1.52. The molecule has 0 unspecified atom stereocenters. The molecule has 0 bridgehead atoms. The van der Waals surface area contributed by atoms with Gasteiger partial charge in [0.1, 0.15) is 6.04 Å². The van der Waals surface area contributed by atoms with E-state index in [1.54, 1.807) is 18.2 Å². The number of nitrogens with two attached hydrogens (primary N) is 1. The number of carbonyl (C=O) groups excluding carboxylic acids is 2. The van der Waals surface area contributed by atoms with Gasteiger partial charge in [-0.05, 0) is 41.1 Å². The Hall–Kier alpha value is -1.07. The van der Waals surface area contributed by atoms with Crippen LogP contribution >= 0.6 is 27.5 Å². The molecule has 0 saturated heterocycles. The number of halogens is 2.